The standard InChI is InChI=1S/C12H12N4O2S2/c13-12(19)9-3-1-5-11(7-9)20(17,18)15-8-10-4-2-6-14-16-10/h1-7,15H,8H2,(H2,13,19). The highest BCUT2D eigenvalue weighted by atomic mass is 32.2. The molecular formula is C12H12N4O2S2. The molecule has 0 aliphatic heterocycles. The number of rotatable bonds is 5. The van der Waals surface area contributed by atoms with Gasteiger partial charge in [0.25, 0.3) is 0 Å². The van der Waals surface area contributed by atoms with Crippen LogP contribution in [0.5, 0.6) is 0 Å². The summed E-state index contributed by atoms with van der Waals surface area (Å²) in [6.45, 7) is 0.0630. The van der Waals surface area contributed by atoms with Gasteiger partial charge in [0, 0.05) is 11.8 Å². The van der Waals surface area contributed by atoms with Crippen LogP contribution in [-0.2, 0) is 16.6 Å². The zero-order valence-electron chi connectivity index (χ0n) is 10.4. The molecule has 1 heterocycles. The average molecular weight is 308 g/mol. The van der Waals surface area contributed by atoms with Crippen molar-refractivity contribution in [1.82, 2.24) is 14.9 Å². The van der Waals surface area contributed by atoms with Gasteiger partial charge in [-0.25, -0.2) is 13.1 Å². The first-order chi connectivity index (χ1) is 9.49. The van der Waals surface area contributed by atoms with Crippen molar-refractivity contribution in [2.45, 2.75) is 11.4 Å². The Labute approximate surface area is 122 Å². The topological polar surface area (TPSA) is 98.0 Å². The van der Waals surface area contributed by atoms with Gasteiger partial charge in [0.1, 0.15) is 4.99 Å². The van der Waals surface area contributed by atoms with Crippen molar-refractivity contribution in [2.24, 2.45) is 5.73 Å². The maximum Gasteiger partial charge on any atom is 0.240 e. The van der Waals surface area contributed by atoms with Gasteiger partial charge >= 0.3 is 0 Å². The molecule has 0 spiro atoms. The number of nitrogens with two attached hydrogens (primary N) is 1. The predicted octanol–water partition coefficient (Wildman–Crippen LogP) is 0.589. The van der Waals surface area contributed by atoms with Crippen molar-refractivity contribution in [3.63, 3.8) is 0 Å². The number of nitrogens with one attached hydrogen (secondary N) is 1. The van der Waals surface area contributed by atoms with Crippen LogP contribution >= 0.6 is 12.2 Å². The number of thiocarbonyl (C=S) groups is 1. The van der Waals surface area contributed by atoms with Crippen LogP contribution in [0.1, 0.15) is 11.3 Å². The molecule has 3 N–H and O–H groups in total. The Morgan fingerprint density at radius 3 is 2.75 bits per heavy atom. The van der Waals surface area contributed by atoms with Crippen LogP contribution in [0.2, 0.25) is 0 Å². The first-order valence-electron chi connectivity index (χ1n) is 5.65. The molecule has 0 saturated heterocycles. The van der Waals surface area contributed by atoms with E-state index in [9.17, 15) is 8.42 Å². The molecule has 2 aromatic rings. The third-order valence-corrected chi connectivity index (χ3v) is 4.13. The van der Waals surface area contributed by atoms with E-state index in [2.05, 4.69) is 14.9 Å². The first-order valence-corrected chi connectivity index (χ1v) is 7.54. The molecule has 104 valence electrons. The molecule has 0 saturated carbocycles. The number of nitrogens with zero attached hydrogens (tertiary/aromatic N) is 2. The Hall–Kier alpha value is -1.90. The third-order valence-electron chi connectivity index (χ3n) is 2.50. The lowest BCUT2D eigenvalue weighted by atomic mass is 10.2. The summed E-state index contributed by atoms with van der Waals surface area (Å²) in [6, 6.07) is 9.52. The summed E-state index contributed by atoms with van der Waals surface area (Å²) in [7, 11) is -3.65. The van der Waals surface area contributed by atoms with Crippen LogP contribution in [0.25, 0.3) is 0 Å². The molecule has 0 fully saturated rings. The summed E-state index contributed by atoms with van der Waals surface area (Å²) in [5.74, 6) is 0. The Kier molecular flexibility index (Phi) is 4.38. The second-order valence-electron chi connectivity index (χ2n) is 3.93. The lowest BCUT2D eigenvalue weighted by molar-refractivity contribution is 0.580. The van der Waals surface area contributed by atoms with E-state index in [-0.39, 0.29) is 16.4 Å². The highest BCUT2D eigenvalue weighted by Crippen LogP contribution is 2.11. The van der Waals surface area contributed by atoms with Crippen LogP contribution < -0.4 is 10.5 Å². The average Bonchev–Trinajstić information content (AvgIpc) is 2.46. The Morgan fingerprint density at radius 1 is 1.30 bits per heavy atom. The largest absolute Gasteiger partial charge is 0.389 e. The summed E-state index contributed by atoms with van der Waals surface area (Å²) in [4.78, 5) is 0.252. The molecule has 8 heteroatoms. The fourth-order valence-electron chi connectivity index (χ4n) is 1.50. The minimum atomic E-state index is -3.65. The van der Waals surface area contributed by atoms with E-state index in [0.29, 0.717) is 11.3 Å². The van der Waals surface area contributed by atoms with Crippen molar-refractivity contribution >= 4 is 27.2 Å². The molecule has 6 nitrogen and oxygen atoms in total. The van der Waals surface area contributed by atoms with Gasteiger partial charge < -0.3 is 5.73 Å². The van der Waals surface area contributed by atoms with E-state index >= 15 is 0 Å². The van der Waals surface area contributed by atoms with E-state index in [4.69, 9.17) is 18.0 Å². The van der Waals surface area contributed by atoms with E-state index in [1.54, 1.807) is 24.3 Å². The molecule has 20 heavy (non-hydrogen) atoms. The van der Waals surface area contributed by atoms with Gasteiger partial charge in [-0.3, -0.25) is 0 Å². The van der Waals surface area contributed by atoms with Crippen LogP contribution in [-0.4, -0.2) is 23.6 Å². The predicted molar refractivity (Wildman–Crippen MR) is 78.4 cm³/mol. The van der Waals surface area contributed by atoms with Gasteiger partial charge in [-0.1, -0.05) is 24.4 Å². The van der Waals surface area contributed by atoms with E-state index < -0.39 is 10.0 Å². The molecule has 0 atom stereocenters. The molecule has 0 aliphatic carbocycles. The van der Waals surface area contributed by atoms with Crippen molar-refractivity contribution in [3.8, 4) is 0 Å². The number of sulfonamides is 1. The summed E-state index contributed by atoms with van der Waals surface area (Å²) < 4.78 is 26.7. The van der Waals surface area contributed by atoms with Gasteiger partial charge in [-0.2, -0.15) is 10.2 Å². The number of hydrogen-bond donors (Lipinski definition) is 2. The van der Waals surface area contributed by atoms with E-state index in [1.807, 2.05) is 0 Å². The second-order valence-corrected chi connectivity index (χ2v) is 6.14. The number of hydrogen-bond acceptors (Lipinski definition) is 5. The van der Waals surface area contributed by atoms with E-state index in [1.165, 1.54) is 18.3 Å². The fourth-order valence-corrected chi connectivity index (χ4v) is 2.67. The van der Waals surface area contributed by atoms with Gasteiger partial charge in [0.05, 0.1) is 17.1 Å². The first kappa shape index (κ1) is 14.5. The lowest BCUT2D eigenvalue weighted by Gasteiger charge is -2.07. The van der Waals surface area contributed by atoms with Crippen LogP contribution in [0.3, 0.4) is 0 Å². The van der Waals surface area contributed by atoms with Crippen molar-refractivity contribution in [1.29, 1.82) is 0 Å². The Bertz CT molecular complexity index is 717. The van der Waals surface area contributed by atoms with Crippen LogP contribution in [0.4, 0.5) is 0 Å². The van der Waals surface area contributed by atoms with Crippen molar-refractivity contribution in [2.75, 3.05) is 0 Å². The fraction of sp³-hybridized carbons (Fsp3) is 0.0833. The smallest absolute Gasteiger partial charge is 0.240 e. The molecule has 0 aliphatic rings. The normalized spacial score (nSPS) is 11.2. The van der Waals surface area contributed by atoms with Gasteiger partial charge in [0.15, 0.2) is 0 Å². The number of aromatic nitrogens is 2. The summed E-state index contributed by atoms with van der Waals surface area (Å²) in [5, 5.41) is 7.48. The molecule has 0 bridgehead atoms. The highest BCUT2D eigenvalue weighted by molar-refractivity contribution is 7.89. The maximum absolute atomic E-state index is 12.1. The highest BCUT2D eigenvalue weighted by Gasteiger charge is 2.14. The van der Waals surface area contributed by atoms with Crippen molar-refractivity contribution in [3.05, 3.63) is 53.9 Å². The molecule has 1 aromatic heterocycles. The SMILES string of the molecule is NC(=S)c1cccc(S(=O)(=O)NCc2cccnn2)c1. The van der Waals surface area contributed by atoms with Crippen LogP contribution in [0.15, 0.2) is 47.5 Å². The second kappa shape index (κ2) is 6.04. The Morgan fingerprint density at radius 2 is 2.10 bits per heavy atom. The minimum absolute atomic E-state index is 0.0630. The lowest BCUT2D eigenvalue weighted by Crippen LogP contribution is -2.24. The van der Waals surface area contributed by atoms with E-state index in [0.717, 1.165) is 0 Å². The van der Waals surface area contributed by atoms with Crippen LogP contribution in [0, 0.1) is 0 Å². The zero-order valence-corrected chi connectivity index (χ0v) is 12.0. The summed E-state index contributed by atoms with van der Waals surface area (Å²) in [6.07, 6.45) is 1.52. The van der Waals surface area contributed by atoms with Gasteiger partial charge in [0.2, 0.25) is 10.0 Å². The molecule has 1 aromatic carbocycles. The Balaban J connectivity index is 2.18. The quantitative estimate of drug-likeness (QED) is 0.785. The maximum atomic E-state index is 12.1. The van der Waals surface area contributed by atoms with Crippen molar-refractivity contribution < 1.29 is 8.42 Å². The van der Waals surface area contributed by atoms with Gasteiger partial charge in [-0.05, 0) is 24.3 Å². The third kappa shape index (κ3) is 3.56. The molecule has 0 amide bonds. The molecular weight excluding hydrogens is 296 g/mol. The molecule has 0 radical (unpaired) electrons. The minimum Gasteiger partial charge on any atom is -0.389 e. The van der Waals surface area contributed by atoms with Gasteiger partial charge in [-0.15, -0.1) is 0 Å². The number of benzene rings is 1. The summed E-state index contributed by atoms with van der Waals surface area (Å²) >= 11 is 4.83. The molecule has 2 rings (SSSR count). The monoisotopic (exact) mass is 308 g/mol. The zero-order chi connectivity index (χ0) is 14.6. The molecule has 0 unspecified atom stereocenters. The summed E-state index contributed by atoms with van der Waals surface area (Å²) in [5.41, 5.74) is 6.52.